The Hall–Kier alpha value is -2.25. The third kappa shape index (κ3) is 5.23. The van der Waals surface area contributed by atoms with Crippen molar-refractivity contribution in [3.63, 3.8) is 0 Å². The van der Waals surface area contributed by atoms with Crippen LogP contribution in [0.3, 0.4) is 0 Å². The largest absolute Gasteiger partial charge is 0.343 e. The Morgan fingerprint density at radius 2 is 1.81 bits per heavy atom. The van der Waals surface area contributed by atoms with E-state index in [1.807, 2.05) is 23.2 Å². The van der Waals surface area contributed by atoms with Crippen molar-refractivity contribution >= 4 is 23.2 Å². The quantitative estimate of drug-likeness (QED) is 0.555. The molecule has 0 spiro atoms. The molecule has 1 aromatic carbocycles. The van der Waals surface area contributed by atoms with Gasteiger partial charge in [-0.15, -0.1) is 11.3 Å². The molecule has 0 bridgehead atoms. The van der Waals surface area contributed by atoms with Crippen LogP contribution in [0.4, 0.5) is 0 Å². The first kappa shape index (κ1) is 25.4. The lowest BCUT2D eigenvalue weighted by atomic mass is 9.83. The second kappa shape index (κ2) is 11.4. The molecule has 6 nitrogen and oxygen atoms in total. The van der Waals surface area contributed by atoms with Gasteiger partial charge in [-0.2, -0.15) is 0 Å². The summed E-state index contributed by atoms with van der Waals surface area (Å²) in [4.78, 5) is 35.5. The van der Waals surface area contributed by atoms with Gasteiger partial charge in [0.1, 0.15) is 11.0 Å². The Morgan fingerprint density at radius 1 is 1.03 bits per heavy atom. The molecule has 2 N–H and O–H groups in total. The molecule has 1 aliphatic heterocycles. The topological polar surface area (TPSA) is 74.3 Å². The normalized spacial score (nSPS) is 24.2. The van der Waals surface area contributed by atoms with Crippen LogP contribution in [0.15, 0.2) is 30.3 Å². The number of likely N-dealkylation sites (tertiary alicyclic amines) is 1. The number of carbonyl (C=O) groups excluding carboxylic acids is 2. The maximum atomic E-state index is 14.1. The Morgan fingerprint density at radius 3 is 2.56 bits per heavy atom. The fourth-order valence-corrected chi connectivity index (χ4v) is 7.73. The average molecular weight is 509 g/mol. The Kier molecular flexibility index (Phi) is 8.06. The molecule has 2 amide bonds. The van der Waals surface area contributed by atoms with Gasteiger partial charge >= 0.3 is 0 Å². The van der Waals surface area contributed by atoms with Gasteiger partial charge in [0.05, 0.1) is 17.8 Å². The minimum atomic E-state index is -0.444. The number of likely N-dealkylation sites (N-methyl/N-ethyl adjacent to an activating group) is 1. The van der Waals surface area contributed by atoms with Gasteiger partial charge in [-0.3, -0.25) is 9.59 Å². The average Bonchev–Trinajstić information content (AvgIpc) is 3.59. The number of aryl methyl sites for hydroxylation is 1. The van der Waals surface area contributed by atoms with Gasteiger partial charge in [0.25, 0.3) is 0 Å². The Balaban J connectivity index is 1.39. The van der Waals surface area contributed by atoms with Crippen LogP contribution in [-0.4, -0.2) is 47.4 Å². The number of nitrogens with zero attached hydrogens (tertiary/aromatic N) is 2. The molecule has 194 valence electrons. The van der Waals surface area contributed by atoms with E-state index in [-0.39, 0.29) is 29.8 Å². The first-order valence-corrected chi connectivity index (χ1v) is 14.7. The molecule has 2 fully saturated rings. The van der Waals surface area contributed by atoms with Crippen LogP contribution in [0.1, 0.15) is 97.8 Å². The smallest absolute Gasteiger partial charge is 0.246 e. The molecule has 0 radical (unpaired) electrons. The van der Waals surface area contributed by atoms with Crippen molar-refractivity contribution in [1.82, 2.24) is 20.5 Å². The summed E-state index contributed by atoms with van der Waals surface area (Å²) >= 11 is 1.82. The number of thiazole rings is 1. The lowest BCUT2D eigenvalue weighted by Crippen LogP contribution is -2.55. The molecule has 2 aromatic rings. The van der Waals surface area contributed by atoms with E-state index in [1.54, 1.807) is 7.05 Å². The fraction of sp³-hybridized carbons (Fsp3) is 0.621. The van der Waals surface area contributed by atoms with E-state index in [0.717, 1.165) is 69.3 Å². The number of amides is 2. The second-order valence-corrected chi connectivity index (χ2v) is 11.9. The maximum Gasteiger partial charge on any atom is 0.246 e. The summed E-state index contributed by atoms with van der Waals surface area (Å²) in [5, 5.41) is 7.26. The lowest BCUT2D eigenvalue weighted by molar-refractivity contribution is -0.139. The van der Waals surface area contributed by atoms with E-state index >= 15 is 0 Å². The van der Waals surface area contributed by atoms with Crippen LogP contribution in [-0.2, 0) is 16.0 Å². The molecule has 1 saturated heterocycles. The number of fused-ring (bicyclic) bond motifs is 1. The third-order valence-corrected chi connectivity index (χ3v) is 9.81. The first-order chi connectivity index (χ1) is 17.6. The molecule has 2 heterocycles. The van der Waals surface area contributed by atoms with E-state index in [9.17, 15) is 9.59 Å². The predicted octanol–water partition coefficient (Wildman–Crippen LogP) is 4.95. The van der Waals surface area contributed by atoms with Gasteiger partial charge in [0.15, 0.2) is 0 Å². The molecule has 3 aliphatic rings. The van der Waals surface area contributed by atoms with E-state index in [1.165, 1.54) is 22.6 Å². The summed E-state index contributed by atoms with van der Waals surface area (Å²) in [7, 11) is 1.78. The number of nitrogens with one attached hydrogen (secondary N) is 2. The minimum Gasteiger partial charge on any atom is -0.343 e. The maximum absolute atomic E-state index is 14.1. The van der Waals surface area contributed by atoms with Gasteiger partial charge in [-0.25, -0.2) is 4.98 Å². The molecular formula is C29H40N4O2S. The number of hydrogen-bond donors (Lipinski definition) is 2. The van der Waals surface area contributed by atoms with Crippen LogP contribution in [0.5, 0.6) is 0 Å². The molecular weight excluding hydrogens is 468 g/mol. The summed E-state index contributed by atoms with van der Waals surface area (Å²) in [5.74, 6) is 0.623. The van der Waals surface area contributed by atoms with Crippen LogP contribution in [0.2, 0.25) is 0 Å². The van der Waals surface area contributed by atoms with Crippen molar-refractivity contribution < 1.29 is 9.59 Å². The molecule has 5 rings (SSSR count). The Labute approximate surface area is 219 Å². The van der Waals surface area contributed by atoms with Crippen LogP contribution in [0, 0.1) is 5.92 Å². The molecule has 2 unspecified atom stereocenters. The van der Waals surface area contributed by atoms with Crippen molar-refractivity contribution in [3.05, 3.63) is 51.5 Å². The predicted molar refractivity (Wildman–Crippen MR) is 144 cm³/mol. The zero-order chi connectivity index (χ0) is 25.1. The molecule has 2 aliphatic carbocycles. The van der Waals surface area contributed by atoms with Gasteiger partial charge in [-0.1, -0.05) is 49.6 Å². The highest BCUT2D eigenvalue weighted by Gasteiger charge is 2.40. The van der Waals surface area contributed by atoms with Crippen LogP contribution >= 0.6 is 11.3 Å². The number of benzene rings is 1. The van der Waals surface area contributed by atoms with Crippen molar-refractivity contribution in [1.29, 1.82) is 0 Å². The number of aromatic nitrogens is 1. The summed E-state index contributed by atoms with van der Waals surface area (Å²) in [6, 6.07) is 10.0. The summed E-state index contributed by atoms with van der Waals surface area (Å²) < 4.78 is 0. The van der Waals surface area contributed by atoms with Gasteiger partial charge in [0.2, 0.25) is 11.8 Å². The molecule has 36 heavy (non-hydrogen) atoms. The van der Waals surface area contributed by atoms with E-state index < -0.39 is 6.04 Å². The van der Waals surface area contributed by atoms with Gasteiger partial charge in [0, 0.05) is 17.3 Å². The van der Waals surface area contributed by atoms with Crippen molar-refractivity contribution in [2.45, 2.75) is 95.2 Å². The van der Waals surface area contributed by atoms with Crippen LogP contribution < -0.4 is 10.6 Å². The highest BCUT2D eigenvalue weighted by Crippen LogP contribution is 2.44. The first-order valence-electron chi connectivity index (χ1n) is 13.9. The van der Waals surface area contributed by atoms with Crippen molar-refractivity contribution in [3.8, 4) is 0 Å². The highest BCUT2D eigenvalue weighted by molar-refractivity contribution is 7.12. The molecule has 4 atom stereocenters. The summed E-state index contributed by atoms with van der Waals surface area (Å²) in [6.45, 7) is 2.59. The molecule has 7 heteroatoms. The third-order valence-electron chi connectivity index (χ3n) is 8.50. The fourth-order valence-electron chi connectivity index (χ4n) is 6.31. The standard InChI is InChI=1S/C29H40N4O2S/c1-19(30-2)27(34)32-25(21-13-7-4-8-14-21)29(35)33-18-10-17-24(33)28-31-23-16-9-15-22(26(23)36-28)20-11-5-3-6-12-20/h3,5-6,11-12,19,21-22,24-25,30H,4,7-10,13-18H2,1-2H3,(H,32,34)/t19?,22?,24-,25-/m0/s1. The van der Waals surface area contributed by atoms with E-state index in [0.29, 0.717) is 5.92 Å². The van der Waals surface area contributed by atoms with Crippen molar-refractivity contribution in [2.24, 2.45) is 5.92 Å². The SMILES string of the molecule is CNC(C)C(=O)N[C@H](C(=O)N1CCC[C@H]1c1nc2c(s1)C(c1ccccc1)CCC2)C1CCCCC1. The number of rotatable bonds is 7. The molecule has 1 saturated carbocycles. The summed E-state index contributed by atoms with van der Waals surface area (Å²) in [5.41, 5.74) is 2.60. The number of carbonyl (C=O) groups is 2. The zero-order valence-electron chi connectivity index (χ0n) is 21.7. The van der Waals surface area contributed by atoms with Gasteiger partial charge in [-0.05, 0) is 70.4 Å². The van der Waals surface area contributed by atoms with E-state index in [4.69, 9.17) is 4.98 Å². The van der Waals surface area contributed by atoms with Gasteiger partial charge < -0.3 is 15.5 Å². The second-order valence-electron chi connectivity index (χ2n) is 10.8. The zero-order valence-corrected chi connectivity index (χ0v) is 22.5. The monoisotopic (exact) mass is 508 g/mol. The van der Waals surface area contributed by atoms with Crippen LogP contribution in [0.25, 0.3) is 0 Å². The lowest BCUT2D eigenvalue weighted by Gasteiger charge is -2.35. The Bertz CT molecular complexity index is 1050. The summed E-state index contributed by atoms with van der Waals surface area (Å²) in [6.07, 6.45) is 10.8. The van der Waals surface area contributed by atoms with E-state index in [2.05, 4.69) is 41.0 Å². The minimum absolute atomic E-state index is 0.0224. The number of hydrogen-bond acceptors (Lipinski definition) is 5. The molecule has 1 aromatic heterocycles. The highest BCUT2D eigenvalue weighted by atomic mass is 32.1. The van der Waals surface area contributed by atoms with Crippen molar-refractivity contribution in [2.75, 3.05) is 13.6 Å².